The van der Waals surface area contributed by atoms with E-state index in [1.807, 2.05) is 19.0 Å². The first-order valence-electron chi connectivity index (χ1n) is 11.3. The second-order valence-electron chi connectivity index (χ2n) is 8.30. The molecule has 0 radical (unpaired) electrons. The van der Waals surface area contributed by atoms with E-state index in [2.05, 4.69) is 10.3 Å². The Balaban J connectivity index is 1.52. The van der Waals surface area contributed by atoms with E-state index in [0.717, 1.165) is 0 Å². The number of nitrogens with one attached hydrogen (secondary N) is 1. The quantitative estimate of drug-likeness (QED) is 0.540. The average molecular weight is 467 g/mol. The molecule has 1 amide bonds. The van der Waals surface area contributed by atoms with Crippen molar-refractivity contribution in [3.05, 3.63) is 89.1 Å². The molecule has 0 saturated carbocycles. The van der Waals surface area contributed by atoms with Crippen LogP contribution in [0.4, 0.5) is 14.6 Å². The molecule has 6 nitrogen and oxygen atoms in total. The molecular formula is C26H28F2N4O2. The van der Waals surface area contributed by atoms with Crippen molar-refractivity contribution in [1.29, 1.82) is 0 Å². The number of nitrogens with zero attached hydrogens (tertiary/aromatic N) is 3. The number of carbonyl (C=O) groups excluding carboxylic acids is 1. The second-order valence-corrected chi connectivity index (χ2v) is 8.30. The van der Waals surface area contributed by atoms with E-state index < -0.39 is 11.9 Å². The average Bonchev–Trinajstić information content (AvgIpc) is 2.96. The molecular weight excluding hydrogens is 438 g/mol. The fraction of sp³-hybridized carbons (Fsp3) is 0.308. The molecule has 4 rings (SSSR count). The summed E-state index contributed by atoms with van der Waals surface area (Å²) in [5, 5.41) is 3.04. The highest BCUT2D eigenvalue weighted by Crippen LogP contribution is 2.29. The number of pyridine rings is 1. The minimum atomic E-state index is -0.564. The fourth-order valence-corrected chi connectivity index (χ4v) is 4.06. The number of likely N-dealkylation sites (N-methyl/N-ethyl adjacent to an activating group) is 1. The maximum absolute atomic E-state index is 15.1. The molecule has 178 valence electrons. The predicted octanol–water partition coefficient (Wildman–Crippen LogP) is 4.18. The van der Waals surface area contributed by atoms with Crippen LogP contribution in [0.2, 0.25) is 0 Å². The van der Waals surface area contributed by atoms with Crippen molar-refractivity contribution >= 4 is 11.7 Å². The number of carbonyl (C=O) groups is 1. The highest BCUT2D eigenvalue weighted by atomic mass is 19.1. The fourth-order valence-electron chi connectivity index (χ4n) is 4.06. The third-order valence-corrected chi connectivity index (χ3v) is 5.94. The van der Waals surface area contributed by atoms with Crippen LogP contribution in [0.25, 0.3) is 0 Å². The van der Waals surface area contributed by atoms with Gasteiger partial charge in [0.05, 0.1) is 5.56 Å². The molecule has 0 saturated heterocycles. The largest absolute Gasteiger partial charge is 0.485 e. The van der Waals surface area contributed by atoms with E-state index >= 15 is 4.39 Å². The number of aromatic nitrogens is 1. The minimum absolute atomic E-state index is 0.129. The van der Waals surface area contributed by atoms with E-state index in [-0.39, 0.29) is 18.3 Å². The van der Waals surface area contributed by atoms with Gasteiger partial charge in [-0.25, -0.2) is 13.8 Å². The predicted molar refractivity (Wildman–Crippen MR) is 127 cm³/mol. The van der Waals surface area contributed by atoms with Crippen LogP contribution >= 0.6 is 0 Å². The number of hydrogen-bond donors (Lipinski definition) is 1. The SMILES string of the molecule is CNCC[C@H](Oc1ccc(CN2CCN(C)c3ncccc3C2=O)c(F)c1)c1ccccc1F. The van der Waals surface area contributed by atoms with E-state index in [4.69, 9.17) is 4.74 Å². The van der Waals surface area contributed by atoms with Crippen molar-refractivity contribution < 1.29 is 18.3 Å². The van der Waals surface area contributed by atoms with Gasteiger partial charge >= 0.3 is 0 Å². The highest BCUT2D eigenvalue weighted by Gasteiger charge is 2.26. The smallest absolute Gasteiger partial charge is 0.257 e. The van der Waals surface area contributed by atoms with Gasteiger partial charge in [-0.3, -0.25) is 4.79 Å². The molecule has 8 heteroatoms. The zero-order chi connectivity index (χ0) is 24.1. The van der Waals surface area contributed by atoms with Crippen molar-refractivity contribution in [2.45, 2.75) is 19.1 Å². The van der Waals surface area contributed by atoms with Gasteiger partial charge in [0, 0.05) is 56.5 Å². The summed E-state index contributed by atoms with van der Waals surface area (Å²) >= 11 is 0. The van der Waals surface area contributed by atoms with E-state index in [0.29, 0.717) is 54.3 Å². The number of amides is 1. The maximum Gasteiger partial charge on any atom is 0.257 e. The Morgan fingerprint density at radius 3 is 2.68 bits per heavy atom. The van der Waals surface area contributed by atoms with Crippen LogP contribution in [-0.4, -0.2) is 49.5 Å². The van der Waals surface area contributed by atoms with Crippen molar-refractivity contribution in [2.75, 3.05) is 38.6 Å². The van der Waals surface area contributed by atoms with Gasteiger partial charge in [0.25, 0.3) is 5.91 Å². The van der Waals surface area contributed by atoms with Crippen molar-refractivity contribution in [1.82, 2.24) is 15.2 Å². The summed E-state index contributed by atoms with van der Waals surface area (Å²) in [6, 6.07) is 14.5. The van der Waals surface area contributed by atoms with Crippen molar-refractivity contribution in [3.8, 4) is 5.75 Å². The van der Waals surface area contributed by atoms with Gasteiger partial charge in [-0.2, -0.15) is 0 Å². The molecule has 3 aromatic rings. The summed E-state index contributed by atoms with van der Waals surface area (Å²) in [5.41, 5.74) is 1.31. The number of ether oxygens (including phenoxy) is 1. The van der Waals surface area contributed by atoms with Crippen LogP contribution in [-0.2, 0) is 6.54 Å². The van der Waals surface area contributed by atoms with Crippen LogP contribution in [0, 0.1) is 11.6 Å². The second kappa shape index (κ2) is 10.6. The maximum atomic E-state index is 15.1. The zero-order valence-corrected chi connectivity index (χ0v) is 19.3. The normalized spacial score (nSPS) is 14.5. The van der Waals surface area contributed by atoms with Crippen LogP contribution in [0.5, 0.6) is 5.75 Å². The Kier molecular flexibility index (Phi) is 7.37. The minimum Gasteiger partial charge on any atom is -0.485 e. The van der Waals surface area contributed by atoms with Gasteiger partial charge in [0.15, 0.2) is 0 Å². The molecule has 2 heterocycles. The first-order valence-corrected chi connectivity index (χ1v) is 11.3. The Hall–Kier alpha value is -3.52. The number of hydrogen-bond acceptors (Lipinski definition) is 5. The van der Waals surface area contributed by atoms with Crippen LogP contribution in [0.1, 0.15) is 34.0 Å². The third-order valence-electron chi connectivity index (χ3n) is 5.94. The Bertz CT molecular complexity index is 1160. The highest BCUT2D eigenvalue weighted by molar-refractivity contribution is 5.99. The van der Waals surface area contributed by atoms with E-state index in [1.165, 1.54) is 12.1 Å². The van der Waals surface area contributed by atoms with Gasteiger partial charge in [0.1, 0.15) is 29.3 Å². The third kappa shape index (κ3) is 5.17. The van der Waals surface area contributed by atoms with E-state index in [1.54, 1.807) is 53.6 Å². The molecule has 0 aliphatic carbocycles. The molecule has 1 N–H and O–H groups in total. The Morgan fingerprint density at radius 1 is 1.09 bits per heavy atom. The zero-order valence-electron chi connectivity index (χ0n) is 19.3. The van der Waals surface area contributed by atoms with Crippen LogP contribution < -0.4 is 15.0 Å². The van der Waals surface area contributed by atoms with Crippen molar-refractivity contribution in [2.24, 2.45) is 0 Å². The number of halogens is 2. The lowest BCUT2D eigenvalue weighted by molar-refractivity contribution is 0.0753. The Morgan fingerprint density at radius 2 is 1.91 bits per heavy atom. The van der Waals surface area contributed by atoms with Crippen LogP contribution in [0.15, 0.2) is 60.8 Å². The molecule has 0 fully saturated rings. The lowest BCUT2D eigenvalue weighted by atomic mass is 10.1. The molecule has 0 unspecified atom stereocenters. The summed E-state index contributed by atoms with van der Waals surface area (Å²) in [5.74, 6) is -0.0868. The summed E-state index contributed by atoms with van der Waals surface area (Å²) in [7, 11) is 3.69. The number of rotatable bonds is 8. The first-order chi connectivity index (χ1) is 16.5. The molecule has 1 atom stereocenters. The molecule has 0 spiro atoms. The van der Waals surface area contributed by atoms with Crippen molar-refractivity contribution in [3.63, 3.8) is 0 Å². The molecule has 0 bridgehead atoms. The standard InChI is InChI=1S/C26H28F2N4O2/c1-29-13-11-24(20-6-3-4-8-22(20)27)34-19-10-9-18(23(28)16-19)17-32-15-14-31(2)25-21(26(32)33)7-5-12-30-25/h3-10,12,16,24,29H,11,13-15,17H2,1-2H3/t24-/m0/s1. The Labute approximate surface area is 198 Å². The van der Waals surface area contributed by atoms with Crippen LogP contribution in [0.3, 0.4) is 0 Å². The number of anilines is 1. The van der Waals surface area contributed by atoms with Gasteiger partial charge < -0.3 is 19.9 Å². The molecule has 1 aliphatic rings. The molecule has 1 aromatic heterocycles. The summed E-state index contributed by atoms with van der Waals surface area (Å²) in [6.45, 7) is 1.78. The summed E-state index contributed by atoms with van der Waals surface area (Å²) in [4.78, 5) is 20.9. The lowest BCUT2D eigenvalue weighted by Gasteiger charge is -2.23. The number of benzene rings is 2. The van der Waals surface area contributed by atoms with Gasteiger partial charge in [-0.05, 0) is 37.9 Å². The van der Waals surface area contributed by atoms with Gasteiger partial charge in [0.2, 0.25) is 0 Å². The first kappa shape index (κ1) is 23.6. The topological polar surface area (TPSA) is 57.7 Å². The van der Waals surface area contributed by atoms with E-state index in [9.17, 15) is 9.18 Å². The summed E-state index contributed by atoms with van der Waals surface area (Å²) in [6.07, 6.45) is 1.61. The monoisotopic (exact) mass is 466 g/mol. The molecule has 1 aliphatic heterocycles. The van der Waals surface area contributed by atoms with Gasteiger partial charge in [-0.1, -0.05) is 24.3 Å². The van der Waals surface area contributed by atoms with Gasteiger partial charge in [-0.15, -0.1) is 0 Å². The number of fused-ring (bicyclic) bond motifs is 1. The molecule has 34 heavy (non-hydrogen) atoms. The molecule has 2 aromatic carbocycles. The lowest BCUT2D eigenvalue weighted by Crippen LogP contribution is -2.33. The summed E-state index contributed by atoms with van der Waals surface area (Å²) < 4.78 is 35.4.